The molecule has 1 fully saturated rings. The van der Waals surface area contributed by atoms with E-state index in [9.17, 15) is 0 Å². The number of anilines is 1. The second-order valence-corrected chi connectivity index (χ2v) is 7.79. The van der Waals surface area contributed by atoms with Crippen LogP contribution in [-0.4, -0.2) is 33.5 Å². The van der Waals surface area contributed by atoms with E-state index in [0.717, 1.165) is 30.9 Å². The number of aromatic nitrogens is 4. The molecule has 0 spiro atoms. The molecule has 20 heavy (non-hydrogen) atoms. The lowest BCUT2D eigenvalue weighted by atomic mass is 10.3. The van der Waals surface area contributed by atoms with Gasteiger partial charge in [-0.2, -0.15) is 0 Å². The smallest absolute Gasteiger partial charge is 0.181 e. The minimum atomic E-state index is 0.540. The van der Waals surface area contributed by atoms with Gasteiger partial charge in [-0.1, -0.05) is 23.1 Å². The highest BCUT2D eigenvalue weighted by molar-refractivity contribution is 8.03. The van der Waals surface area contributed by atoms with E-state index in [1.54, 1.807) is 34.9 Å². The van der Waals surface area contributed by atoms with Gasteiger partial charge in [-0.3, -0.25) is 0 Å². The van der Waals surface area contributed by atoms with Crippen molar-refractivity contribution in [3.8, 4) is 0 Å². The standard InChI is InChI=1S/C12H15N5S3/c1-6-8(13-2)14-9(7-4-5-7)15-10(6)19-12-17-16-11(18-3)20-12/h7H,4-5H2,1-3H3,(H,13,14,15). The third-order valence-corrected chi connectivity index (χ3v) is 6.08. The average molecular weight is 325 g/mol. The molecule has 2 aromatic heterocycles. The summed E-state index contributed by atoms with van der Waals surface area (Å²) in [6.07, 6.45) is 4.41. The predicted molar refractivity (Wildman–Crippen MR) is 84.1 cm³/mol. The first kappa shape index (κ1) is 14.1. The van der Waals surface area contributed by atoms with Crippen LogP contribution < -0.4 is 5.32 Å². The molecular weight excluding hydrogens is 310 g/mol. The van der Waals surface area contributed by atoms with E-state index in [-0.39, 0.29) is 0 Å². The highest BCUT2D eigenvalue weighted by Crippen LogP contribution is 2.41. The zero-order valence-corrected chi connectivity index (χ0v) is 14.0. The fourth-order valence-corrected chi connectivity index (χ4v) is 4.22. The lowest BCUT2D eigenvalue weighted by molar-refractivity contribution is 0.863. The van der Waals surface area contributed by atoms with E-state index in [1.807, 2.05) is 20.2 Å². The van der Waals surface area contributed by atoms with Crippen molar-refractivity contribution in [1.82, 2.24) is 20.2 Å². The van der Waals surface area contributed by atoms with Gasteiger partial charge in [0.05, 0.1) is 0 Å². The summed E-state index contributed by atoms with van der Waals surface area (Å²) in [4.78, 5) is 9.32. The largest absolute Gasteiger partial charge is 0.373 e. The maximum Gasteiger partial charge on any atom is 0.181 e. The van der Waals surface area contributed by atoms with Gasteiger partial charge in [-0.25, -0.2) is 9.97 Å². The summed E-state index contributed by atoms with van der Waals surface area (Å²) in [5, 5.41) is 12.5. The number of hydrogen-bond acceptors (Lipinski definition) is 8. The summed E-state index contributed by atoms with van der Waals surface area (Å²) < 4.78 is 1.91. The van der Waals surface area contributed by atoms with Gasteiger partial charge in [-0.15, -0.1) is 10.2 Å². The normalized spacial score (nSPS) is 14.6. The molecular formula is C12H15N5S3. The predicted octanol–water partition coefficient (Wildman–Crippen LogP) is 3.43. The van der Waals surface area contributed by atoms with E-state index >= 15 is 0 Å². The molecule has 0 aromatic carbocycles. The van der Waals surface area contributed by atoms with Gasteiger partial charge >= 0.3 is 0 Å². The molecule has 2 aromatic rings. The van der Waals surface area contributed by atoms with Gasteiger partial charge < -0.3 is 5.32 Å². The fourth-order valence-electron chi connectivity index (χ4n) is 1.78. The second-order valence-electron chi connectivity index (χ2n) is 4.52. The summed E-state index contributed by atoms with van der Waals surface area (Å²) in [5.74, 6) is 2.41. The van der Waals surface area contributed by atoms with Crippen LogP contribution in [0.3, 0.4) is 0 Å². The summed E-state index contributed by atoms with van der Waals surface area (Å²) in [6, 6.07) is 0. The SMILES string of the molecule is CNc1nc(C2CC2)nc(Sc2nnc(SC)s2)c1C. The molecule has 0 radical (unpaired) electrons. The molecule has 1 saturated carbocycles. The van der Waals surface area contributed by atoms with E-state index in [4.69, 9.17) is 4.98 Å². The lowest BCUT2D eigenvalue weighted by Crippen LogP contribution is -2.03. The Bertz CT molecular complexity index is 624. The van der Waals surface area contributed by atoms with Gasteiger partial charge in [-0.05, 0) is 37.8 Å². The Labute approximate surface area is 130 Å². The van der Waals surface area contributed by atoms with Crippen LogP contribution in [0.2, 0.25) is 0 Å². The Balaban J connectivity index is 1.92. The molecule has 0 saturated heterocycles. The molecule has 8 heteroatoms. The van der Waals surface area contributed by atoms with Crippen LogP contribution in [0.1, 0.15) is 30.1 Å². The topological polar surface area (TPSA) is 63.6 Å². The monoisotopic (exact) mass is 325 g/mol. The van der Waals surface area contributed by atoms with Crippen LogP contribution in [0, 0.1) is 6.92 Å². The second kappa shape index (κ2) is 5.87. The third-order valence-electron chi connectivity index (χ3n) is 3.04. The maximum atomic E-state index is 4.72. The summed E-state index contributed by atoms with van der Waals surface area (Å²) in [7, 11) is 1.90. The Hall–Kier alpha value is -0.860. The zero-order chi connectivity index (χ0) is 14.1. The molecule has 5 nitrogen and oxygen atoms in total. The van der Waals surface area contributed by atoms with Crippen LogP contribution in [0.5, 0.6) is 0 Å². The minimum absolute atomic E-state index is 0.540. The molecule has 106 valence electrons. The Kier molecular flexibility index (Phi) is 4.13. The number of hydrogen-bond donors (Lipinski definition) is 1. The number of nitrogens with one attached hydrogen (secondary N) is 1. The van der Waals surface area contributed by atoms with Crippen molar-refractivity contribution < 1.29 is 0 Å². The van der Waals surface area contributed by atoms with Crippen molar-refractivity contribution in [2.24, 2.45) is 0 Å². The summed E-state index contributed by atoms with van der Waals surface area (Å²) in [6.45, 7) is 2.04. The third kappa shape index (κ3) is 2.91. The molecule has 1 N–H and O–H groups in total. The number of rotatable bonds is 5. The fraction of sp³-hybridized carbons (Fsp3) is 0.500. The lowest BCUT2D eigenvalue weighted by Gasteiger charge is -2.10. The molecule has 2 heterocycles. The Morgan fingerprint density at radius 1 is 1.20 bits per heavy atom. The maximum absolute atomic E-state index is 4.72. The van der Waals surface area contributed by atoms with E-state index in [1.165, 1.54) is 12.8 Å². The first-order valence-corrected chi connectivity index (χ1v) is 9.18. The molecule has 1 aliphatic carbocycles. The molecule has 0 amide bonds. The molecule has 1 aliphatic rings. The molecule has 0 atom stereocenters. The van der Waals surface area contributed by atoms with Crippen molar-refractivity contribution in [2.75, 3.05) is 18.6 Å². The van der Waals surface area contributed by atoms with Gasteiger partial charge in [0.1, 0.15) is 16.7 Å². The Morgan fingerprint density at radius 2 is 1.95 bits per heavy atom. The minimum Gasteiger partial charge on any atom is -0.373 e. The van der Waals surface area contributed by atoms with Gasteiger partial charge in [0.25, 0.3) is 0 Å². The van der Waals surface area contributed by atoms with Crippen LogP contribution in [0.25, 0.3) is 0 Å². The van der Waals surface area contributed by atoms with Crippen LogP contribution >= 0.6 is 34.9 Å². The highest BCUT2D eigenvalue weighted by atomic mass is 32.2. The van der Waals surface area contributed by atoms with Crippen molar-refractivity contribution in [1.29, 1.82) is 0 Å². The molecule has 3 rings (SSSR count). The van der Waals surface area contributed by atoms with Crippen molar-refractivity contribution >= 4 is 40.7 Å². The highest BCUT2D eigenvalue weighted by Gasteiger charge is 2.28. The van der Waals surface area contributed by atoms with Gasteiger partial charge in [0, 0.05) is 18.5 Å². The van der Waals surface area contributed by atoms with Crippen molar-refractivity contribution in [2.45, 2.75) is 39.4 Å². The van der Waals surface area contributed by atoms with Gasteiger partial charge in [0.2, 0.25) is 0 Å². The summed E-state index contributed by atoms with van der Waals surface area (Å²) >= 11 is 4.80. The van der Waals surface area contributed by atoms with Crippen LogP contribution in [-0.2, 0) is 0 Å². The first-order valence-electron chi connectivity index (χ1n) is 6.33. The van der Waals surface area contributed by atoms with Crippen LogP contribution in [0.15, 0.2) is 13.7 Å². The zero-order valence-electron chi connectivity index (χ0n) is 11.5. The quantitative estimate of drug-likeness (QED) is 0.667. The van der Waals surface area contributed by atoms with Crippen LogP contribution in [0.4, 0.5) is 5.82 Å². The molecule has 0 aliphatic heterocycles. The average Bonchev–Trinajstić information content (AvgIpc) is 3.21. The molecule has 0 bridgehead atoms. The van der Waals surface area contributed by atoms with E-state index in [0.29, 0.717) is 5.92 Å². The molecule has 0 unspecified atom stereocenters. The Morgan fingerprint density at radius 3 is 2.55 bits per heavy atom. The van der Waals surface area contributed by atoms with Crippen molar-refractivity contribution in [3.63, 3.8) is 0 Å². The summed E-state index contributed by atoms with van der Waals surface area (Å²) in [5.41, 5.74) is 1.07. The number of nitrogens with zero attached hydrogens (tertiary/aromatic N) is 4. The van der Waals surface area contributed by atoms with Crippen molar-refractivity contribution in [3.05, 3.63) is 11.4 Å². The van der Waals surface area contributed by atoms with Gasteiger partial charge in [0.15, 0.2) is 8.68 Å². The van der Waals surface area contributed by atoms with E-state index < -0.39 is 0 Å². The van der Waals surface area contributed by atoms with E-state index in [2.05, 4.69) is 20.5 Å². The number of thioether (sulfide) groups is 1. The first-order chi connectivity index (χ1) is 9.71.